The number of carboxylic acids is 6. The third kappa shape index (κ3) is 22.6. The van der Waals surface area contributed by atoms with Crippen LogP contribution in [0, 0.1) is 0 Å². The van der Waals surface area contributed by atoms with Crippen molar-refractivity contribution in [3.63, 3.8) is 0 Å². The third-order valence-electron chi connectivity index (χ3n) is 2.72. The van der Waals surface area contributed by atoms with Crippen LogP contribution >= 0.6 is 0 Å². The van der Waals surface area contributed by atoms with Crippen molar-refractivity contribution >= 4 is 35.8 Å². The summed E-state index contributed by atoms with van der Waals surface area (Å²) in [7, 11) is 24.0. The van der Waals surface area contributed by atoms with Crippen molar-refractivity contribution in [2.45, 2.75) is 0 Å². The summed E-state index contributed by atoms with van der Waals surface area (Å²) in [5.41, 5.74) is -12.0. The lowest BCUT2D eigenvalue weighted by Gasteiger charge is -2.28. The number of aromatic carboxylic acids is 6. The Morgan fingerprint density at radius 1 is 0.286 bits per heavy atom. The number of quaternary nitrogens is 6. The number of carbonyl (C=O) groups is 6. The zero-order valence-corrected chi connectivity index (χ0v) is 26.4. The predicted molar refractivity (Wildman–Crippen MR) is 135 cm³/mol. The highest BCUT2D eigenvalue weighted by atomic mass is 16.4. The molecule has 246 valence electrons. The molecule has 0 bridgehead atoms. The first-order valence-corrected chi connectivity index (χ1v) is 12.4. The van der Waals surface area contributed by atoms with E-state index in [-0.39, 0.29) is 0 Å². The molecule has 12 N–H and O–H groups in total. The molecule has 0 unspecified atom stereocenters. The van der Waals surface area contributed by atoms with Crippen LogP contribution in [0.1, 0.15) is 62.1 Å². The standard InChI is InChI=1S/C12H6O12.6C2H7N/c13-7(14)1-2(8(15)16)4(10(19)20)6(12(23)24)5(11(21)22)3(1)9(17)18;6*1-3-2/h(H,13,14)(H,15,16)(H,17,18)(H,19,20)(H,21,22)(H,23,24);6*3H,1-2H3. The number of carboxylic acid groups (broad SMARTS) is 6. The lowest BCUT2D eigenvalue weighted by atomic mass is 9.86. The molecule has 0 amide bonds. The monoisotopic (exact) mass is 612 g/mol. The Kier molecular flexibility index (Phi) is 39.8. The van der Waals surface area contributed by atoms with Gasteiger partial charge < -0.3 is 91.3 Å². The molecule has 0 saturated heterocycles. The molecule has 0 aliphatic rings. The summed E-state index contributed by atoms with van der Waals surface area (Å²) in [5.74, 6) is -16.0. The molecule has 0 aliphatic heterocycles. The number of carbonyl (C=O) groups excluding carboxylic acids is 6. The van der Waals surface area contributed by atoms with Crippen molar-refractivity contribution in [3.05, 3.63) is 33.4 Å². The number of nitrogens with two attached hydrogens (primary N) is 6. The summed E-state index contributed by atoms with van der Waals surface area (Å²) in [6, 6.07) is 0. The normalized spacial score (nSPS) is 8.29. The quantitative estimate of drug-likeness (QED) is 0.174. The van der Waals surface area contributed by atoms with E-state index >= 15 is 0 Å². The van der Waals surface area contributed by atoms with E-state index in [4.69, 9.17) is 0 Å². The molecule has 1 aromatic carbocycles. The van der Waals surface area contributed by atoms with Gasteiger partial charge in [0.25, 0.3) is 0 Å². The van der Waals surface area contributed by atoms with E-state index in [1.165, 1.54) is 0 Å². The Hall–Kier alpha value is -4.20. The average Bonchev–Trinajstić information content (AvgIpc) is 2.84. The first kappa shape index (κ1) is 50.6. The number of hydrogen-bond donors (Lipinski definition) is 6. The fourth-order valence-electron chi connectivity index (χ4n) is 1.97. The second-order valence-corrected chi connectivity index (χ2v) is 7.44. The SMILES string of the molecule is C[NH2+]C.C[NH2+]C.C[NH2+]C.C[NH2+]C.C[NH2+]C.C[NH2+]C.O=C([O-])c1c(C(=O)[O-])c(C(=O)[O-])c(C(=O)[O-])c(C(=O)[O-])c1C(=O)[O-]. The van der Waals surface area contributed by atoms with Crippen LogP contribution < -0.4 is 62.5 Å². The van der Waals surface area contributed by atoms with E-state index in [0.29, 0.717) is 0 Å². The van der Waals surface area contributed by atoms with Crippen LogP contribution in [0.2, 0.25) is 0 Å². The molecule has 0 fully saturated rings. The first-order chi connectivity index (χ1) is 19.4. The molecule has 0 heterocycles. The van der Waals surface area contributed by atoms with Gasteiger partial charge in [-0.2, -0.15) is 0 Å². The van der Waals surface area contributed by atoms with Crippen molar-refractivity contribution in [1.29, 1.82) is 0 Å². The molecule has 18 nitrogen and oxygen atoms in total. The van der Waals surface area contributed by atoms with E-state index < -0.39 is 69.2 Å². The van der Waals surface area contributed by atoms with Gasteiger partial charge in [0.2, 0.25) is 0 Å². The highest BCUT2D eigenvalue weighted by Crippen LogP contribution is 2.27. The Morgan fingerprint density at radius 2 is 0.333 bits per heavy atom. The minimum atomic E-state index is -2.66. The van der Waals surface area contributed by atoms with Crippen LogP contribution in [0.25, 0.3) is 0 Å². The van der Waals surface area contributed by atoms with Gasteiger partial charge in [-0.1, -0.05) is 0 Å². The highest BCUT2D eigenvalue weighted by Gasteiger charge is 2.27. The van der Waals surface area contributed by atoms with Crippen molar-refractivity contribution in [2.75, 3.05) is 84.6 Å². The number of benzene rings is 1. The Bertz CT molecular complexity index is 743. The lowest BCUT2D eigenvalue weighted by Crippen LogP contribution is -2.74. The molecule has 42 heavy (non-hydrogen) atoms. The van der Waals surface area contributed by atoms with Crippen LogP contribution in [-0.4, -0.2) is 120 Å². The van der Waals surface area contributed by atoms with Crippen LogP contribution in [0.5, 0.6) is 0 Å². The highest BCUT2D eigenvalue weighted by molar-refractivity contribution is 6.21. The van der Waals surface area contributed by atoms with Gasteiger partial charge >= 0.3 is 0 Å². The fraction of sp³-hybridized carbons (Fsp3) is 0.500. The molecular formula is C24H48N6O12. The molecule has 1 rings (SSSR count). The molecule has 0 aliphatic carbocycles. The van der Waals surface area contributed by atoms with Gasteiger partial charge in [0.1, 0.15) is 0 Å². The molecule has 18 heteroatoms. The molecule has 0 aromatic heterocycles. The Morgan fingerprint density at radius 3 is 0.357 bits per heavy atom. The minimum absolute atomic E-state index is 2.00. The molecular weight excluding hydrogens is 564 g/mol. The lowest BCUT2D eigenvalue weighted by molar-refractivity contribution is -0.597. The Balaban J connectivity index is -0.000000148. The largest absolute Gasteiger partial charge is 0.545 e. The maximum absolute atomic E-state index is 11.0. The zero-order chi connectivity index (χ0) is 35.2. The summed E-state index contributed by atoms with van der Waals surface area (Å²) >= 11 is 0. The summed E-state index contributed by atoms with van der Waals surface area (Å²) in [5, 5.41) is 78.0. The maximum atomic E-state index is 11.0. The van der Waals surface area contributed by atoms with Gasteiger partial charge in [-0.3, -0.25) is 0 Å². The molecule has 0 atom stereocenters. The fourth-order valence-corrected chi connectivity index (χ4v) is 1.97. The van der Waals surface area contributed by atoms with E-state index in [1.54, 1.807) is 0 Å². The number of hydrogen-bond acceptors (Lipinski definition) is 12. The Labute approximate surface area is 245 Å². The topological polar surface area (TPSA) is 340 Å². The van der Waals surface area contributed by atoms with Gasteiger partial charge in [0.15, 0.2) is 0 Å². The van der Waals surface area contributed by atoms with E-state index in [1.807, 2.05) is 116 Å². The second kappa shape index (κ2) is 33.0. The van der Waals surface area contributed by atoms with Gasteiger partial charge in [-0.25, -0.2) is 0 Å². The van der Waals surface area contributed by atoms with E-state index in [2.05, 4.69) is 0 Å². The molecule has 0 radical (unpaired) electrons. The van der Waals surface area contributed by atoms with Gasteiger partial charge in [-0.15, -0.1) is 0 Å². The maximum Gasteiger partial charge on any atom is 0.0729 e. The van der Waals surface area contributed by atoms with Crippen LogP contribution in [0.15, 0.2) is 0 Å². The zero-order valence-electron chi connectivity index (χ0n) is 26.4. The van der Waals surface area contributed by atoms with E-state index in [9.17, 15) is 59.4 Å². The van der Waals surface area contributed by atoms with Gasteiger partial charge in [-0.05, 0) is 0 Å². The van der Waals surface area contributed by atoms with Crippen LogP contribution in [0.4, 0.5) is 0 Å². The summed E-state index contributed by atoms with van der Waals surface area (Å²) < 4.78 is 0. The first-order valence-electron chi connectivity index (χ1n) is 12.4. The van der Waals surface area contributed by atoms with Gasteiger partial charge in [0.05, 0.1) is 120 Å². The predicted octanol–water partition coefficient (Wildman–Crippen LogP) is -15.3. The second-order valence-electron chi connectivity index (χ2n) is 7.44. The van der Waals surface area contributed by atoms with Crippen LogP contribution in [-0.2, 0) is 0 Å². The van der Waals surface area contributed by atoms with Crippen molar-refractivity contribution < 1.29 is 91.3 Å². The third-order valence-corrected chi connectivity index (χ3v) is 2.72. The molecule has 0 spiro atoms. The van der Waals surface area contributed by atoms with Gasteiger partial charge in [0, 0.05) is 33.4 Å². The minimum Gasteiger partial charge on any atom is -0.545 e. The van der Waals surface area contributed by atoms with Crippen molar-refractivity contribution in [3.8, 4) is 0 Å². The summed E-state index contributed by atoms with van der Waals surface area (Å²) in [6.45, 7) is 0. The number of rotatable bonds is 6. The molecule has 0 saturated carbocycles. The van der Waals surface area contributed by atoms with E-state index in [0.717, 1.165) is 0 Å². The smallest absolute Gasteiger partial charge is 0.0729 e. The summed E-state index contributed by atoms with van der Waals surface area (Å²) in [6.07, 6.45) is 0. The van der Waals surface area contributed by atoms with Crippen LogP contribution in [0.3, 0.4) is 0 Å². The van der Waals surface area contributed by atoms with Crippen molar-refractivity contribution in [1.82, 2.24) is 0 Å². The summed E-state index contributed by atoms with van der Waals surface area (Å²) in [4.78, 5) is 66.0. The average molecular weight is 613 g/mol. The van der Waals surface area contributed by atoms with Crippen molar-refractivity contribution in [2.24, 2.45) is 0 Å². The molecule has 1 aromatic rings.